The lowest BCUT2D eigenvalue weighted by Crippen LogP contribution is -2.31. The smallest absolute Gasteiger partial charge is 0.137 e. The molecule has 0 radical (unpaired) electrons. The summed E-state index contributed by atoms with van der Waals surface area (Å²) in [5.41, 5.74) is 1.09. The van der Waals surface area contributed by atoms with Gasteiger partial charge in [-0.15, -0.1) is 0 Å². The molecule has 1 nitrogen and oxygen atoms in total. The number of rotatable bonds is 5. The normalized spacial score (nSPS) is 24.6. The quantitative estimate of drug-likeness (QED) is 0.750. The van der Waals surface area contributed by atoms with Crippen LogP contribution in [0.2, 0.25) is 0 Å². The third kappa shape index (κ3) is 3.82. The highest BCUT2D eigenvalue weighted by Crippen LogP contribution is 2.38. The van der Waals surface area contributed by atoms with Gasteiger partial charge < -0.3 is 5.32 Å². The van der Waals surface area contributed by atoms with Gasteiger partial charge in [0.1, 0.15) is 5.82 Å². The summed E-state index contributed by atoms with van der Waals surface area (Å²) < 4.78 is 14.3. The lowest BCUT2D eigenvalue weighted by molar-refractivity contribution is 0.220. The van der Waals surface area contributed by atoms with E-state index in [9.17, 15) is 4.39 Å². The molecule has 112 valence electrons. The van der Waals surface area contributed by atoms with E-state index in [2.05, 4.69) is 35.1 Å². The van der Waals surface area contributed by atoms with Gasteiger partial charge in [-0.05, 0) is 64.8 Å². The molecule has 1 saturated carbocycles. The lowest BCUT2D eigenvalue weighted by Gasteiger charge is -2.34. The maximum Gasteiger partial charge on any atom is 0.137 e. The number of benzene rings is 1. The van der Waals surface area contributed by atoms with E-state index in [1.807, 2.05) is 12.1 Å². The molecule has 1 aromatic rings. The summed E-state index contributed by atoms with van der Waals surface area (Å²) in [5, 5.41) is 3.57. The Morgan fingerprint density at radius 1 is 1.25 bits per heavy atom. The Hall–Kier alpha value is -0.410. The largest absolute Gasteiger partial charge is 0.310 e. The van der Waals surface area contributed by atoms with Crippen LogP contribution in [0.15, 0.2) is 22.7 Å². The van der Waals surface area contributed by atoms with Gasteiger partial charge in [-0.1, -0.05) is 39.2 Å². The van der Waals surface area contributed by atoms with Crippen molar-refractivity contribution in [3.63, 3.8) is 0 Å². The molecule has 0 bridgehead atoms. The molecule has 0 saturated heterocycles. The highest BCUT2D eigenvalue weighted by Gasteiger charge is 2.27. The molecule has 0 heterocycles. The second-order valence-corrected chi connectivity index (χ2v) is 6.75. The molecule has 3 heteroatoms. The monoisotopic (exact) mass is 341 g/mol. The fraction of sp³-hybridized carbons (Fsp3) is 0.647. The van der Waals surface area contributed by atoms with Gasteiger partial charge in [0.15, 0.2) is 0 Å². The average molecular weight is 342 g/mol. The molecule has 1 unspecified atom stereocenters. The van der Waals surface area contributed by atoms with Crippen molar-refractivity contribution in [2.75, 3.05) is 6.54 Å². The van der Waals surface area contributed by atoms with Crippen LogP contribution in [0.25, 0.3) is 0 Å². The second-order valence-electron chi connectivity index (χ2n) is 5.90. The van der Waals surface area contributed by atoms with Crippen LogP contribution in [0, 0.1) is 17.7 Å². The van der Waals surface area contributed by atoms with Gasteiger partial charge in [0.05, 0.1) is 4.47 Å². The molecule has 0 spiro atoms. The summed E-state index contributed by atoms with van der Waals surface area (Å²) in [4.78, 5) is 0. The van der Waals surface area contributed by atoms with Crippen molar-refractivity contribution in [3.05, 3.63) is 34.1 Å². The predicted octanol–water partition coefficient (Wildman–Crippen LogP) is 5.46. The summed E-state index contributed by atoms with van der Waals surface area (Å²) in [7, 11) is 0. The number of halogens is 2. The highest BCUT2D eigenvalue weighted by molar-refractivity contribution is 9.10. The van der Waals surface area contributed by atoms with Gasteiger partial charge in [0, 0.05) is 6.04 Å². The zero-order valence-corrected chi connectivity index (χ0v) is 14.0. The van der Waals surface area contributed by atoms with E-state index in [0.717, 1.165) is 18.0 Å². The van der Waals surface area contributed by atoms with Crippen molar-refractivity contribution >= 4 is 15.9 Å². The van der Waals surface area contributed by atoms with Crippen LogP contribution < -0.4 is 5.32 Å². The Morgan fingerprint density at radius 3 is 2.50 bits per heavy atom. The molecule has 1 aliphatic rings. The first-order chi connectivity index (χ1) is 9.65. The van der Waals surface area contributed by atoms with Crippen LogP contribution in [-0.2, 0) is 0 Å². The first-order valence-electron chi connectivity index (χ1n) is 7.84. The molecule has 1 atom stereocenters. The molecule has 1 fully saturated rings. The SMILES string of the molecule is CCNC(c1ccc(Br)c(F)c1)C1CCC(CC)CC1. The van der Waals surface area contributed by atoms with Crippen LogP contribution in [-0.4, -0.2) is 6.54 Å². The minimum absolute atomic E-state index is 0.160. The minimum Gasteiger partial charge on any atom is -0.310 e. The van der Waals surface area contributed by atoms with Gasteiger partial charge in [0.2, 0.25) is 0 Å². The Kier molecular flexibility index (Phi) is 6.03. The van der Waals surface area contributed by atoms with Crippen molar-refractivity contribution in [1.82, 2.24) is 5.32 Å². The molecule has 0 aliphatic heterocycles. The maximum atomic E-state index is 13.8. The van der Waals surface area contributed by atoms with Crippen molar-refractivity contribution < 1.29 is 4.39 Å². The van der Waals surface area contributed by atoms with E-state index < -0.39 is 0 Å². The van der Waals surface area contributed by atoms with Crippen molar-refractivity contribution in [2.24, 2.45) is 11.8 Å². The zero-order valence-electron chi connectivity index (χ0n) is 12.5. The fourth-order valence-electron chi connectivity index (χ4n) is 3.41. The van der Waals surface area contributed by atoms with Gasteiger partial charge in [-0.25, -0.2) is 4.39 Å². The Bertz CT molecular complexity index is 427. The van der Waals surface area contributed by atoms with Crippen LogP contribution in [0.4, 0.5) is 4.39 Å². The fourth-order valence-corrected chi connectivity index (χ4v) is 3.66. The average Bonchev–Trinajstić information content (AvgIpc) is 2.48. The predicted molar refractivity (Wildman–Crippen MR) is 86.3 cm³/mol. The Balaban J connectivity index is 2.12. The van der Waals surface area contributed by atoms with E-state index in [1.54, 1.807) is 6.07 Å². The van der Waals surface area contributed by atoms with Crippen LogP contribution in [0.1, 0.15) is 57.6 Å². The second kappa shape index (κ2) is 7.56. The maximum absolute atomic E-state index is 13.8. The molecular weight excluding hydrogens is 317 g/mol. The van der Waals surface area contributed by atoms with Crippen molar-refractivity contribution in [2.45, 2.75) is 52.0 Å². The Labute approximate surface area is 130 Å². The number of hydrogen-bond acceptors (Lipinski definition) is 1. The molecule has 0 amide bonds. The third-order valence-electron chi connectivity index (χ3n) is 4.67. The highest BCUT2D eigenvalue weighted by atomic mass is 79.9. The van der Waals surface area contributed by atoms with Gasteiger partial charge in [0.25, 0.3) is 0 Å². The molecule has 1 aliphatic carbocycles. The summed E-state index contributed by atoms with van der Waals surface area (Å²) in [6.07, 6.45) is 6.46. The van der Waals surface area contributed by atoms with Crippen molar-refractivity contribution in [1.29, 1.82) is 0 Å². The summed E-state index contributed by atoms with van der Waals surface area (Å²) in [6, 6.07) is 5.85. The van der Waals surface area contributed by atoms with E-state index in [0.29, 0.717) is 16.4 Å². The third-order valence-corrected chi connectivity index (χ3v) is 5.31. The standard InChI is InChI=1S/C17H25BrFN/c1-3-12-5-7-13(8-6-12)17(20-4-2)14-9-10-15(18)16(19)11-14/h9-13,17,20H,3-8H2,1-2H3. The van der Waals surface area contributed by atoms with Gasteiger partial charge >= 0.3 is 0 Å². The summed E-state index contributed by atoms with van der Waals surface area (Å²) in [5.74, 6) is 1.38. The molecule has 20 heavy (non-hydrogen) atoms. The van der Waals surface area contributed by atoms with Crippen LogP contribution >= 0.6 is 15.9 Å². The molecule has 1 aromatic carbocycles. The molecule has 0 aromatic heterocycles. The van der Waals surface area contributed by atoms with Gasteiger partial charge in [-0.3, -0.25) is 0 Å². The lowest BCUT2D eigenvalue weighted by atomic mass is 9.76. The number of nitrogens with one attached hydrogen (secondary N) is 1. The minimum atomic E-state index is -0.160. The van der Waals surface area contributed by atoms with E-state index in [-0.39, 0.29) is 5.82 Å². The van der Waals surface area contributed by atoms with Gasteiger partial charge in [-0.2, -0.15) is 0 Å². The Morgan fingerprint density at radius 2 is 1.95 bits per heavy atom. The molecule has 2 rings (SSSR count). The number of hydrogen-bond donors (Lipinski definition) is 1. The first kappa shape index (κ1) is 16.0. The van der Waals surface area contributed by atoms with Crippen LogP contribution in [0.3, 0.4) is 0 Å². The van der Waals surface area contributed by atoms with Crippen molar-refractivity contribution in [3.8, 4) is 0 Å². The molecule has 1 N–H and O–H groups in total. The van der Waals surface area contributed by atoms with E-state index in [4.69, 9.17) is 0 Å². The molecular formula is C17H25BrFN. The van der Waals surface area contributed by atoms with Crippen LogP contribution in [0.5, 0.6) is 0 Å². The van der Waals surface area contributed by atoms with E-state index in [1.165, 1.54) is 32.1 Å². The summed E-state index contributed by atoms with van der Waals surface area (Å²) >= 11 is 3.24. The summed E-state index contributed by atoms with van der Waals surface area (Å²) in [6.45, 7) is 5.34. The zero-order chi connectivity index (χ0) is 14.5. The van der Waals surface area contributed by atoms with E-state index >= 15 is 0 Å². The first-order valence-corrected chi connectivity index (χ1v) is 8.63. The topological polar surface area (TPSA) is 12.0 Å².